The van der Waals surface area contributed by atoms with E-state index in [1.54, 1.807) is 6.92 Å². The number of ether oxygens (including phenoxy) is 1. The molecule has 112 valence electrons. The minimum Gasteiger partial charge on any atom is -0.466 e. The highest BCUT2D eigenvalue weighted by atomic mass is 16.5. The number of benzene rings is 2. The smallest absolute Gasteiger partial charge is 0.313 e. The highest BCUT2D eigenvalue weighted by molar-refractivity contribution is 5.82. The molecule has 0 saturated carbocycles. The lowest BCUT2D eigenvalue weighted by molar-refractivity contribution is -0.144. The Labute approximate surface area is 128 Å². The first-order chi connectivity index (χ1) is 10.7. The van der Waals surface area contributed by atoms with E-state index in [2.05, 4.69) is 4.98 Å². The van der Waals surface area contributed by atoms with Gasteiger partial charge in [0.1, 0.15) is 5.52 Å². The number of esters is 1. The number of hydrogen-bond acceptors (Lipinski definition) is 4. The molecule has 22 heavy (non-hydrogen) atoms. The second kappa shape index (κ2) is 6.02. The fourth-order valence-corrected chi connectivity index (χ4v) is 2.32. The van der Waals surface area contributed by atoms with Crippen LogP contribution in [0, 0.1) is 0 Å². The molecule has 0 fully saturated rings. The lowest BCUT2D eigenvalue weighted by Crippen LogP contribution is -2.12. The summed E-state index contributed by atoms with van der Waals surface area (Å²) in [7, 11) is 0. The van der Waals surface area contributed by atoms with Gasteiger partial charge in [0, 0.05) is 5.56 Å². The first-order valence-corrected chi connectivity index (χ1v) is 7.31. The summed E-state index contributed by atoms with van der Waals surface area (Å²) in [6.45, 7) is 4.01. The minimum atomic E-state index is -0.324. The third-order valence-electron chi connectivity index (χ3n) is 3.57. The topological polar surface area (TPSA) is 52.3 Å². The largest absolute Gasteiger partial charge is 0.466 e. The Kier molecular flexibility index (Phi) is 3.92. The van der Waals surface area contributed by atoms with E-state index >= 15 is 0 Å². The van der Waals surface area contributed by atoms with Crippen LogP contribution in [0.2, 0.25) is 0 Å². The molecule has 4 heteroatoms. The van der Waals surface area contributed by atoms with Crippen molar-refractivity contribution in [2.45, 2.75) is 19.8 Å². The Morgan fingerprint density at radius 1 is 1.23 bits per heavy atom. The fraction of sp³-hybridized carbons (Fsp3) is 0.222. The monoisotopic (exact) mass is 295 g/mol. The summed E-state index contributed by atoms with van der Waals surface area (Å²) in [5, 5.41) is 0. The van der Waals surface area contributed by atoms with Gasteiger partial charge in [-0.3, -0.25) is 4.79 Å². The average molecular weight is 295 g/mol. The number of hydrogen-bond donors (Lipinski definition) is 0. The number of aromatic nitrogens is 1. The number of carbonyl (C=O) groups is 1. The molecule has 0 amide bonds. The molecule has 1 heterocycles. The lowest BCUT2D eigenvalue weighted by Gasteiger charge is -2.10. The zero-order valence-corrected chi connectivity index (χ0v) is 12.6. The van der Waals surface area contributed by atoms with E-state index in [4.69, 9.17) is 9.15 Å². The molecule has 1 atom stereocenters. The molecule has 0 saturated heterocycles. The number of oxazole rings is 1. The van der Waals surface area contributed by atoms with Crippen LogP contribution in [0.25, 0.3) is 22.6 Å². The first kappa shape index (κ1) is 14.3. The van der Waals surface area contributed by atoms with Gasteiger partial charge in [-0.05, 0) is 43.7 Å². The molecule has 0 radical (unpaired) electrons. The standard InChI is InChI=1S/C18H17NO3/c1-3-21-18(20)12(2)14-9-10-15-16(11-14)22-17(19-15)13-7-5-4-6-8-13/h4-12H,3H2,1-2H3/t12-/m1/s1. The number of rotatable bonds is 4. The first-order valence-electron chi connectivity index (χ1n) is 7.31. The Morgan fingerprint density at radius 3 is 2.73 bits per heavy atom. The molecule has 0 aliphatic rings. The molecular weight excluding hydrogens is 278 g/mol. The zero-order chi connectivity index (χ0) is 15.5. The summed E-state index contributed by atoms with van der Waals surface area (Å²) in [5.41, 5.74) is 3.24. The highest BCUT2D eigenvalue weighted by Gasteiger charge is 2.18. The van der Waals surface area contributed by atoms with E-state index in [-0.39, 0.29) is 11.9 Å². The van der Waals surface area contributed by atoms with Crippen LogP contribution in [-0.2, 0) is 9.53 Å². The van der Waals surface area contributed by atoms with Crippen molar-refractivity contribution in [2.24, 2.45) is 0 Å². The Bertz CT molecular complexity index is 792. The van der Waals surface area contributed by atoms with E-state index in [0.717, 1.165) is 16.6 Å². The summed E-state index contributed by atoms with van der Waals surface area (Å²) in [5.74, 6) is 0.0239. The van der Waals surface area contributed by atoms with Gasteiger partial charge in [-0.15, -0.1) is 0 Å². The SMILES string of the molecule is CCOC(=O)[C@H](C)c1ccc2nc(-c3ccccc3)oc2c1. The molecule has 0 unspecified atom stereocenters. The normalized spacial score (nSPS) is 12.3. The van der Waals surface area contributed by atoms with Crippen LogP contribution >= 0.6 is 0 Å². The van der Waals surface area contributed by atoms with Gasteiger partial charge < -0.3 is 9.15 Å². The van der Waals surface area contributed by atoms with Crippen molar-refractivity contribution in [2.75, 3.05) is 6.61 Å². The molecule has 0 N–H and O–H groups in total. The van der Waals surface area contributed by atoms with Gasteiger partial charge in [-0.2, -0.15) is 0 Å². The minimum absolute atomic E-state index is 0.232. The van der Waals surface area contributed by atoms with Crippen LogP contribution in [0.3, 0.4) is 0 Å². The van der Waals surface area contributed by atoms with Crippen LogP contribution in [0.1, 0.15) is 25.3 Å². The van der Waals surface area contributed by atoms with Crippen molar-refractivity contribution in [1.82, 2.24) is 4.98 Å². The predicted molar refractivity (Wildman–Crippen MR) is 84.5 cm³/mol. The summed E-state index contributed by atoms with van der Waals surface area (Å²) in [4.78, 5) is 16.3. The molecule has 0 aliphatic heterocycles. The number of nitrogens with zero attached hydrogens (tertiary/aromatic N) is 1. The zero-order valence-electron chi connectivity index (χ0n) is 12.6. The summed E-state index contributed by atoms with van der Waals surface area (Å²) >= 11 is 0. The summed E-state index contributed by atoms with van der Waals surface area (Å²) in [6, 6.07) is 15.4. The van der Waals surface area contributed by atoms with E-state index in [1.807, 2.05) is 55.5 Å². The maximum Gasteiger partial charge on any atom is 0.313 e. The maximum atomic E-state index is 11.8. The third kappa shape index (κ3) is 2.72. The van der Waals surface area contributed by atoms with Gasteiger partial charge in [0.2, 0.25) is 5.89 Å². The molecule has 4 nitrogen and oxygen atoms in total. The molecular formula is C18H17NO3. The van der Waals surface area contributed by atoms with E-state index in [0.29, 0.717) is 18.1 Å². The van der Waals surface area contributed by atoms with Crippen LogP contribution in [-0.4, -0.2) is 17.6 Å². The van der Waals surface area contributed by atoms with Gasteiger partial charge in [0.15, 0.2) is 5.58 Å². The molecule has 0 bridgehead atoms. The van der Waals surface area contributed by atoms with E-state index < -0.39 is 0 Å². The van der Waals surface area contributed by atoms with Gasteiger partial charge in [0.25, 0.3) is 0 Å². The molecule has 0 spiro atoms. The Balaban J connectivity index is 1.95. The van der Waals surface area contributed by atoms with Crippen molar-refractivity contribution >= 4 is 17.1 Å². The summed E-state index contributed by atoms with van der Waals surface area (Å²) in [6.07, 6.45) is 0. The van der Waals surface area contributed by atoms with Gasteiger partial charge in [-0.1, -0.05) is 24.3 Å². The Hall–Kier alpha value is -2.62. The number of fused-ring (bicyclic) bond motifs is 1. The van der Waals surface area contributed by atoms with Crippen molar-refractivity contribution in [3.05, 3.63) is 54.1 Å². The number of carbonyl (C=O) groups excluding carboxylic acids is 1. The second-order valence-corrected chi connectivity index (χ2v) is 5.09. The Morgan fingerprint density at radius 2 is 2.00 bits per heavy atom. The van der Waals surface area contributed by atoms with Crippen LogP contribution in [0.4, 0.5) is 0 Å². The predicted octanol–water partition coefficient (Wildman–Crippen LogP) is 4.16. The maximum absolute atomic E-state index is 11.8. The second-order valence-electron chi connectivity index (χ2n) is 5.09. The average Bonchev–Trinajstić information content (AvgIpc) is 2.98. The quantitative estimate of drug-likeness (QED) is 0.678. The lowest BCUT2D eigenvalue weighted by atomic mass is 10.0. The fourth-order valence-electron chi connectivity index (χ4n) is 2.32. The van der Waals surface area contributed by atoms with Crippen molar-refractivity contribution in [3.63, 3.8) is 0 Å². The van der Waals surface area contributed by atoms with Crippen LogP contribution < -0.4 is 0 Å². The van der Waals surface area contributed by atoms with Crippen molar-refractivity contribution in [3.8, 4) is 11.5 Å². The van der Waals surface area contributed by atoms with Gasteiger partial charge in [-0.25, -0.2) is 4.98 Å². The molecule has 3 aromatic rings. The van der Waals surface area contributed by atoms with Gasteiger partial charge in [0.05, 0.1) is 12.5 Å². The molecule has 2 aromatic carbocycles. The molecule has 0 aliphatic carbocycles. The van der Waals surface area contributed by atoms with Gasteiger partial charge >= 0.3 is 5.97 Å². The highest BCUT2D eigenvalue weighted by Crippen LogP contribution is 2.27. The van der Waals surface area contributed by atoms with Crippen LogP contribution in [0.15, 0.2) is 52.9 Å². The van der Waals surface area contributed by atoms with Crippen molar-refractivity contribution < 1.29 is 13.9 Å². The van der Waals surface area contributed by atoms with Crippen LogP contribution in [0.5, 0.6) is 0 Å². The van der Waals surface area contributed by atoms with Crippen molar-refractivity contribution in [1.29, 1.82) is 0 Å². The molecule has 3 rings (SSSR count). The molecule has 1 aromatic heterocycles. The van der Waals surface area contributed by atoms with E-state index in [1.165, 1.54) is 0 Å². The summed E-state index contributed by atoms with van der Waals surface area (Å²) < 4.78 is 10.9. The third-order valence-corrected chi connectivity index (χ3v) is 3.57. The van der Waals surface area contributed by atoms with E-state index in [9.17, 15) is 4.79 Å².